The number of rotatable bonds is 0. The van der Waals surface area contributed by atoms with Crippen LogP contribution in [-0.2, 0) is 0 Å². The lowest BCUT2D eigenvalue weighted by molar-refractivity contribution is 0.631. The van der Waals surface area contributed by atoms with Gasteiger partial charge < -0.3 is 5.73 Å². The minimum absolute atomic E-state index is 0.243. The van der Waals surface area contributed by atoms with Gasteiger partial charge in [0.2, 0.25) is 0 Å². The minimum atomic E-state index is -0.343. The molecule has 0 aliphatic carbocycles. The zero-order valence-corrected chi connectivity index (χ0v) is 9.18. The summed E-state index contributed by atoms with van der Waals surface area (Å²) < 4.78 is 14.4. The van der Waals surface area contributed by atoms with Crippen molar-refractivity contribution < 1.29 is 4.39 Å². The number of nitrogens with two attached hydrogens (primary N) is 1. The van der Waals surface area contributed by atoms with E-state index >= 15 is 0 Å². The Balaban J connectivity index is 3.34. The van der Waals surface area contributed by atoms with Crippen molar-refractivity contribution in [2.45, 2.75) is 0 Å². The summed E-state index contributed by atoms with van der Waals surface area (Å²) in [5.74, 6) is -0.343. The summed E-state index contributed by atoms with van der Waals surface area (Å²) in [5.41, 5.74) is 5.64. The van der Waals surface area contributed by atoms with Crippen LogP contribution >= 0.6 is 45.2 Å². The van der Waals surface area contributed by atoms with Gasteiger partial charge in [0.25, 0.3) is 0 Å². The Morgan fingerprint density at radius 2 is 1.90 bits per heavy atom. The third kappa shape index (κ3) is 1.52. The maximum Gasteiger partial charge on any atom is 0.147 e. The van der Waals surface area contributed by atoms with Crippen LogP contribution in [0, 0.1) is 13.0 Å². The minimum Gasteiger partial charge on any atom is -0.395 e. The average molecular weight is 363 g/mol. The second-order valence-corrected chi connectivity index (χ2v) is 4.00. The first-order valence-corrected chi connectivity index (χ1v) is 4.67. The molecule has 0 aliphatic heterocycles. The van der Waals surface area contributed by atoms with Crippen LogP contribution in [0.2, 0.25) is 0 Å². The summed E-state index contributed by atoms with van der Waals surface area (Å²) in [6.45, 7) is 0. The SMILES string of the molecule is Nc1c(F)ccc(I)c1I. The molecule has 2 N–H and O–H groups in total. The molecule has 1 aromatic rings. The molecular formula is C6H4FI2N. The van der Waals surface area contributed by atoms with Gasteiger partial charge >= 0.3 is 0 Å². The summed E-state index contributed by atoms with van der Waals surface area (Å²) in [7, 11) is 0. The Morgan fingerprint density at radius 3 is 2.40 bits per heavy atom. The Bertz CT molecular complexity index is 235. The van der Waals surface area contributed by atoms with Gasteiger partial charge in [-0.3, -0.25) is 0 Å². The zero-order chi connectivity index (χ0) is 7.72. The third-order valence-electron chi connectivity index (χ3n) is 1.08. The van der Waals surface area contributed by atoms with Gasteiger partial charge in [-0.2, -0.15) is 0 Å². The number of anilines is 1. The van der Waals surface area contributed by atoms with Crippen LogP contribution in [0.3, 0.4) is 0 Å². The van der Waals surface area contributed by atoms with Crippen molar-refractivity contribution in [3.05, 3.63) is 25.1 Å². The monoisotopic (exact) mass is 363 g/mol. The number of hydrogen-bond acceptors (Lipinski definition) is 1. The van der Waals surface area contributed by atoms with E-state index in [1.807, 2.05) is 22.6 Å². The molecule has 0 radical (unpaired) electrons. The fraction of sp³-hybridized carbons (Fsp3) is 0. The fourth-order valence-corrected chi connectivity index (χ4v) is 1.45. The molecule has 1 rings (SSSR count). The molecule has 1 nitrogen and oxygen atoms in total. The molecule has 0 atom stereocenters. The second-order valence-electron chi connectivity index (χ2n) is 1.76. The second kappa shape index (κ2) is 3.21. The molecular weight excluding hydrogens is 359 g/mol. The van der Waals surface area contributed by atoms with Crippen molar-refractivity contribution in [2.24, 2.45) is 0 Å². The van der Waals surface area contributed by atoms with E-state index in [9.17, 15) is 4.39 Å². The van der Waals surface area contributed by atoms with E-state index in [1.54, 1.807) is 6.07 Å². The highest BCUT2D eigenvalue weighted by atomic mass is 127. The van der Waals surface area contributed by atoms with E-state index in [1.165, 1.54) is 6.07 Å². The number of halogens is 3. The smallest absolute Gasteiger partial charge is 0.147 e. The largest absolute Gasteiger partial charge is 0.395 e. The molecule has 0 heterocycles. The van der Waals surface area contributed by atoms with Gasteiger partial charge in [-0.25, -0.2) is 4.39 Å². The Kier molecular flexibility index (Phi) is 2.73. The molecule has 0 spiro atoms. The molecule has 0 fully saturated rings. The summed E-state index contributed by atoms with van der Waals surface area (Å²) in [6.07, 6.45) is 0. The van der Waals surface area contributed by atoms with Crippen LogP contribution in [0.4, 0.5) is 10.1 Å². The summed E-state index contributed by atoms with van der Waals surface area (Å²) in [4.78, 5) is 0. The van der Waals surface area contributed by atoms with Crippen LogP contribution in [0.1, 0.15) is 0 Å². The quantitative estimate of drug-likeness (QED) is 0.428. The van der Waals surface area contributed by atoms with E-state index in [-0.39, 0.29) is 11.5 Å². The standard InChI is InChI=1S/C6H4FI2N/c7-3-1-2-4(8)5(9)6(3)10/h1-2H,10H2. The molecule has 0 amide bonds. The first-order chi connectivity index (χ1) is 4.63. The first-order valence-electron chi connectivity index (χ1n) is 2.52. The third-order valence-corrected chi connectivity index (χ3v) is 4.17. The molecule has 0 bridgehead atoms. The lowest BCUT2D eigenvalue weighted by Gasteiger charge is -2.00. The lowest BCUT2D eigenvalue weighted by Crippen LogP contribution is -1.95. The summed E-state index contributed by atoms with van der Waals surface area (Å²) >= 11 is 4.13. The maximum absolute atomic E-state index is 12.6. The van der Waals surface area contributed by atoms with Gasteiger partial charge in [-0.1, -0.05) is 0 Å². The van der Waals surface area contributed by atoms with E-state index in [2.05, 4.69) is 22.6 Å². The summed E-state index contributed by atoms with van der Waals surface area (Å²) in [6, 6.07) is 3.08. The molecule has 54 valence electrons. The van der Waals surface area contributed by atoms with E-state index < -0.39 is 0 Å². The Hall–Kier alpha value is 0.410. The number of benzene rings is 1. The molecule has 0 aromatic heterocycles. The van der Waals surface area contributed by atoms with Crippen LogP contribution in [0.5, 0.6) is 0 Å². The van der Waals surface area contributed by atoms with E-state index in [4.69, 9.17) is 5.73 Å². The lowest BCUT2D eigenvalue weighted by atomic mass is 10.3. The van der Waals surface area contributed by atoms with Gasteiger partial charge in [-0.05, 0) is 57.3 Å². The summed E-state index contributed by atoms with van der Waals surface area (Å²) in [5, 5.41) is 0. The van der Waals surface area contributed by atoms with Crippen LogP contribution in [0.15, 0.2) is 12.1 Å². The molecule has 0 aliphatic rings. The van der Waals surface area contributed by atoms with Crippen LogP contribution in [0.25, 0.3) is 0 Å². The van der Waals surface area contributed by atoms with Crippen molar-refractivity contribution >= 4 is 50.9 Å². The topological polar surface area (TPSA) is 26.0 Å². The van der Waals surface area contributed by atoms with Gasteiger partial charge in [0.05, 0.1) is 9.26 Å². The average Bonchev–Trinajstić information content (AvgIpc) is 1.93. The fourth-order valence-electron chi connectivity index (χ4n) is 0.543. The predicted octanol–water partition coefficient (Wildman–Crippen LogP) is 2.62. The normalized spacial score (nSPS) is 9.90. The highest BCUT2D eigenvalue weighted by Crippen LogP contribution is 2.23. The highest BCUT2D eigenvalue weighted by molar-refractivity contribution is 14.1. The molecule has 4 heteroatoms. The molecule has 0 unspecified atom stereocenters. The van der Waals surface area contributed by atoms with Gasteiger partial charge in [0, 0.05) is 3.57 Å². The Labute approximate surface area is 85.5 Å². The van der Waals surface area contributed by atoms with Crippen molar-refractivity contribution in [2.75, 3.05) is 5.73 Å². The highest BCUT2D eigenvalue weighted by Gasteiger charge is 2.04. The zero-order valence-electron chi connectivity index (χ0n) is 4.87. The van der Waals surface area contributed by atoms with Gasteiger partial charge in [-0.15, -0.1) is 0 Å². The maximum atomic E-state index is 12.6. The van der Waals surface area contributed by atoms with Crippen LogP contribution in [-0.4, -0.2) is 0 Å². The molecule has 1 aromatic carbocycles. The first kappa shape index (κ1) is 8.51. The predicted molar refractivity (Wildman–Crippen MR) is 56.2 cm³/mol. The van der Waals surface area contributed by atoms with Gasteiger partial charge in [0.1, 0.15) is 5.82 Å². The number of nitrogen functional groups attached to an aromatic ring is 1. The molecule has 0 saturated heterocycles. The van der Waals surface area contributed by atoms with E-state index in [0.29, 0.717) is 0 Å². The van der Waals surface area contributed by atoms with Crippen molar-refractivity contribution in [3.8, 4) is 0 Å². The van der Waals surface area contributed by atoms with Crippen molar-refractivity contribution in [1.82, 2.24) is 0 Å². The van der Waals surface area contributed by atoms with Crippen LogP contribution < -0.4 is 5.73 Å². The number of hydrogen-bond donors (Lipinski definition) is 1. The molecule has 10 heavy (non-hydrogen) atoms. The Morgan fingerprint density at radius 1 is 1.30 bits per heavy atom. The van der Waals surface area contributed by atoms with E-state index in [0.717, 1.165) is 7.14 Å². The van der Waals surface area contributed by atoms with Gasteiger partial charge in [0.15, 0.2) is 0 Å². The van der Waals surface area contributed by atoms with Crippen molar-refractivity contribution in [1.29, 1.82) is 0 Å². The van der Waals surface area contributed by atoms with Crippen molar-refractivity contribution in [3.63, 3.8) is 0 Å². The molecule has 0 saturated carbocycles.